The number of halogens is 1. The van der Waals surface area contributed by atoms with Gasteiger partial charge in [-0.1, -0.05) is 11.6 Å². The van der Waals surface area contributed by atoms with Crippen LogP contribution in [0.15, 0.2) is 54.7 Å². The Labute approximate surface area is 219 Å². The minimum absolute atomic E-state index is 0.132. The van der Waals surface area contributed by atoms with Crippen molar-refractivity contribution >= 4 is 34.3 Å². The van der Waals surface area contributed by atoms with Gasteiger partial charge in [0.15, 0.2) is 11.9 Å². The van der Waals surface area contributed by atoms with Gasteiger partial charge in [0.2, 0.25) is 5.88 Å². The largest absolute Gasteiger partial charge is 0.497 e. The SMILES string of the molecule is COC(=O)[C@@H](C)Oc1ccc(Cl)c(Cn2c(C)c(C(=O)c3ccc(OC)cc3)c3cc(OC)ncc32)c1. The zero-order valence-corrected chi connectivity index (χ0v) is 22.0. The third-order valence-corrected chi connectivity index (χ3v) is 6.53. The van der Waals surface area contributed by atoms with Gasteiger partial charge in [-0.3, -0.25) is 4.79 Å². The molecule has 4 aromatic rings. The van der Waals surface area contributed by atoms with Crippen LogP contribution >= 0.6 is 11.6 Å². The molecule has 4 rings (SSSR count). The van der Waals surface area contributed by atoms with Gasteiger partial charge in [0, 0.05) is 34.3 Å². The van der Waals surface area contributed by atoms with Crippen molar-refractivity contribution in [3.05, 3.63) is 82.1 Å². The maximum atomic E-state index is 13.7. The molecule has 0 bridgehead atoms. The minimum atomic E-state index is -0.779. The lowest BCUT2D eigenvalue weighted by atomic mass is 10.0. The molecule has 0 unspecified atom stereocenters. The molecule has 0 N–H and O–H groups in total. The van der Waals surface area contributed by atoms with Gasteiger partial charge in [-0.25, -0.2) is 9.78 Å². The Bertz CT molecular complexity index is 1460. The van der Waals surface area contributed by atoms with E-state index in [4.69, 9.17) is 30.5 Å². The van der Waals surface area contributed by atoms with Crippen LogP contribution in [0.4, 0.5) is 0 Å². The monoisotopic (exact) mass is 522 g/mol. The van der Waals surface area contributed by atoms with Crippen molar-refractivity contribution < 1.29 is 28.5 Å². The lowest BCUT2D eigenvalue weighted by Crippen LogP contribution is -2.24. The summed E-state index contributed by atoms with van der Waals surface area (Å²) in [6, 6.07) is 13.9. The second-order valence-corrected chi connectivity index (χ2v) is 8.79. The highest BCUT2D eigenvalue weighted by Crippen LogP contribution is 2.33. The number of nitrogens with zero attached hydrogens (tertiary/aromatic N) is 2. The summed E-state index contributed by atoms with van der Waals surface area (Å²) in [6.07, 6.45) is 0.901. The van der Waals surface area contributed by atoms with Crippen LogP contribution in [0.25, 0.3) is 10.9 Å². The molecule has 0 saturated carbocycles. The molecular weight excluding hydrogens is 496 g/mol. The first-order valence-corrected chi connectivity index (χ1v) is 11.9. The van der Waals surface area contributed by atoms with E-state index in [2.05, 4.69) is 4.98 Å². The molecule has 0 aliphatic carbocycles. The van der Waals surface area contributed by atoms with E-state index in [1.54, 1.807) is 68.8 Å². The van der Waals surface area contributed by atoms with Crippen LogP contribution in [-0.4, -0.2) is 48.7 Å². The number of hydrogen-bond acceptors (Lipinski definition) is 7. The third kappa shape index (κ3) is 5.24. The van der Waals surface area contributed by atoms with E-state index in [0.717, 1.165) is 16.8 Å². The topological polar surface area (TPSA) is 88.9 Å². The first-order chi connectivity index (χ1) is 17.8. The van der Waals surface area contributed by atoms with Gasteiger partial charge in [-0.2, -0.15) is 0 Å². The van der Waals surface area contributed by atoms with E-state index >= 15 is 0 Å². The van der Waals surface area contributed by atoms with E-state index in [1.807, 2.05) is 11.5 Å². The quantitative estimate of drug-likeness (QED) is 0.219. The van der Waals surface area contributed by atoms with Crippen LogP contribution in [0.3, 0.4) is 0 Å². The predicted octanol–water partition coefficient (Wildman–Crippen LogP) is 5.23. The summed E-state index contributed by atoms with van der Waals surface area (Å²) < 4.78 is 23.0. The second-order valence-electron chi connectivity index (χ2n) is 8.38. The molecule has 0 aliphatic rings. The van der Waals surface area contributed by atoms with Crippen LogP contribution < -0.4 is 14.2 Å². The number of aromatic nitrogens is 2. The Morgan fingerprint density at radius 1 is 1.00 bits per heavy atom. The van der Waals surface area contributed by atoms with Crippen molar-refractivity contribution in [1.29, 1.82) is 0 Å². The number of esters is 1. The summed E-state index contributed by atoms with van der Waals surface area (Å²) in [6.45, 7) is 3.84. The molecule has 9 heteroatoms. The number of ether oxygens (including phenoxy) is 4. The summed E-state index contributed by atoms with van der Waals surface area (Å²) in [5.41, 5.74) is 3.32. The smallest absolute Gasteiger partial charge is 0.346 e. The molecule has 0 amide bonds. The summed E-state index contributed by atoms with van der Waals surface area (Å²) in [7, 11) is 4.42. The molecule has 0 radical (unpaired) electrons. The molecule has 2 aromatic heterocycles. The van der Waals surface area contributed by atoms with Crippen molar-refractivity contribution in [2.45, 2.75) is 26.5 Å². The standard InChI is InChI=1S/C28H27ClN2O6/c1-16-26(27(32)18-6-8-20(34-3)9-7-18)22-13-25(35-4)30-14-24(22)31(16)15-19-12-21(10-11-23(19)29)37-17(2)28(33)36-5/h6-14,17H,15H2,1-5H3/t17-/m1/s1. The zero-order valence-electron chi connectivity index (χ0n) is 21.2. The first kappa shape index (κ1) is 26.0. The van der Waals surface area contributed by atoms with E-state index in [1.165, 1.54) is 14.2 Å². The Hall–Kier alpha value is -4.04. The van der Waals surface area contributed by atoms with Gasteiger partial charge in [0.1, 0.15) is 11.5 Å². The van der Waals surface area contributed by atoms with E-state index in [0.29, 0.717) is 45.5 Å². The highest BCUT2D eigenvalue weighted by molar-refractivity contribution is 6.31. The Kier molecular flexibility index (Phi) is 7.69. The molecule has 37 heavy (non-hydrogen) atoms. The van der Waals surface area contributed by atoms with Crippen molar-refractivity contribution in [3.63, 3.8) is 0 Å². The van der Waals surface area contributed by atoms with Crippen molar-refractivity contribution in [2.75, 3.05) is 21.3 Å². The number of pyridine rings is 1. The number of rotatable bonds is 9. The minimum Gasteiger partial charge on any atom is -0.497 e. The van der Waals surface area contributed by atoms with Crippen molar-refractivity contribution in [1.82, 2.24) is 9.55 Å². The number of methoxy groups -OCH3 is 3. The highest BCUT2D eigenvalue weighted by Gasteiger charge is 2.23. The van der Waals surface area contributed by atoms with E-state index < -0.39 is 12.1 Å². The summed E-state index contributed by atoms with van der Waals surface area (Å²) >= 11 is 6.54. The average Bonchev–Trinajstić information content (AvgIpc) is 3.19. The average molecular weight is 523 g/mol. The van der Waals surface area contributed by atoms with Crippen LogP contribution in [0.1, 0.15) is 34.1 Å². The fraction of sp³-hybridized carbons (Fsp3) is 0.250. The molecule has 1 atom stereocenters. The predicted molar refractivity (Wildman–Crippen MR) is 140 cm³/mol. The van der Waals surface area contributed by atoms with E-state index in [9.17, 15) is 9.59 Å². The maximum absolute atomic E-state index is 13.7. The Morgan fingerprint density at radius 2 is 1.70 bits per heavy atom. The third-order valence-electron chi connectivity index (χ3n) is 6.16. The Balaban J connectivity index is 1.78. The van der Waals surface area contributed by atoms with Gasteiger partial charge < -0.3 is 23.5 Å². The van der Waals surface area contributed by atoms with Crippen LogP contribution in [-0.2, 0) is 16.1 Å². The van der Waals surface area contributed by atoms with Gasteiger partial charge in [0.25, 0.3) is 0 Å². The first-order valence-electron chi connectivity index (χ1n) is 11.5. The summed E-state index contributed by atoms with van der Waals surface area (Å²) in [5, 5.41) is 1.23. The van der Waals surface area contributed by atoms with Gasteiger partial charge in [-0.05, 0) is 61.9 Å². The van der Waals surface area contributed by atoms with Crippen molar-refractivity contribution in [2.24, 2.45) is 0 Å². The number of fused-ring (bicyclic) bond motifs is 1. The van der Waals surface area contributed by atoms with E-state index in [-0.39, 0.29) is 5.78 Å². The van der Waals surface area contributed by atoms with Crippen LogP contribution in [0, 0.1) is 6.92 Å². The molecule has 192 valence electrons. The molecular formula is C28H27ClN2O6. The fourth-order valence-electron chi connectivity index (χ4n) is 4.18. The van der Waals surface area contributed by atoms with Gasteiger partial charge in [-0.15, -0.1) is 0 Å². The molecule has 0 spiro atoms. The Morgan fingerprint density at radius 3 is 2.35 bits per heavy atom. The fourth-order valence-corrected chi connectivity index (χ4v) is 4.36. The van der Waals surface area contributed by atoms with Gasteiger partial charge >= 0.3 is 5.97 Å². The van der Waals surface area contributed by atoms with Crippen LogP contribution in [0.5, 0.6) is 17.4 Å². The number of ketones is 1. The molecule has 0 fully saturated rings. The molecule has 0 saturated heterocycles. The lowest BCUT2D eigenvalue weighted by molar-refractivity contribution is -0.147. The highest BCUT2D eigenvalue weighted by atomic mass is 35.5. The lowest BCUT2D eigenvalue weighted by Gasteiger charge is -2.15. The molecule has 2 aromatic carbocycles. The number of hydrogen-bond donors (Lipinski definition) is 0. The number of carbonyl (C=O) groups excluding carboxylic acids is 2. The van der Waals surface area contributed by atoms with Gasteiger partial charge in [0.05, 0.1) is 38.6 Å². The number of carbonyl (C=O) groups is 2. The normalized spacial score (nSPS) is 11.7. The molecule has 0 aliphatic heterocycles. The van der Waals surface area contributed by atoms with Crippen molar-refractivity contribution in [3.8, 4) is 17.4 Å². The van der Waals surface area contributed by atoms with Crippen LogP contribution in [0.2, 0.25) is 5.02 Å². The molecule has 8 nitrogen and oxygen atoms in total. The summed E-state index contributed by atoms with van der Waals surface area (Å²) in [5.74, 6) is 0.928. The second kappa shape index (κ2) is 10.9. The zero-order chi connectivity index (χ0) is 26.7. The molecule has 2 heterocycles. The number of benzene rings is 2. The summed E-state index contributed by atoms with van der Waals surface area (Å²) in [4.78, 5) is 29.8. The maximum Gasteiger partial charge on any atom is 0.346 e.